The Labute approximate surface area is 114 Å². The molecule has 0 N–H and O–H groups in total. The summed E-state index contributed by atoms with van der Waals surface area (Å²) < 4.78 is 38.5. The Kier molecular flexibility index (Phi) is 5.35. The van der Waals surface area contributed by atoms with E-state index in [0.29, 0.717) is 6.07 Å². The van der Waals surface area contributed by atoms with Crippen molar-refractivity contribution in [3.05, 3.63) is 35.4 Å². The molecule has 19 heavy (non-hydrogen) atoms. The molecule has 0 saturated carbocycles. The average Bonchev–Trinajstić information content (AvgIpc) is 2.35. The van der Waals surface area contributed by atoms with Gasteiger partial charge in [0.2, 0.25) is 0 Å². The Bertz CT molecular complexity index is 500. The van der Waals surface area contributed by atoms with E-state index in [-0.39, 0.29) is 16.7 Å². The zero-order valence-corrected chi connectivity index (χ0v) is 12.3. The maximum Gasteiger partial charge on any atom is 0.181 e. The minimum atomic E-state index is -1.39. The van der Waals surface area contributed by atoms with Crippen molar-refractivity contribution >= 4 is 16.6 Å². The van der Waals surface area contributed by atoms with Crippen molar-refractivity contribution in [1.29, 1.82) is 0 Å². The topological polar surface area (TPSA) is 34.1 Å². The standard InChI is InChI=1S/C14H18F2O2S/c1-8(2)9(3)19(18)10(4)14(17)12-6-5-11(15)7-13(12)16/h5-10H,1-4H3. The normalized spacial score (nSPS) is 16.2. The van der Waals surface area contributed by atoms with Crippen molar-refractivity contribution in [2.75, 3.05) is 0 Å². The molecular weight excluding hydrogens is 270 g/mol. The molecule has 0 aliphatic carbocycles. The van der Waals surface area contributed by atoms with Crippen LogP contribution in [0.25, 0.3) is 0 Å². The predicted octanol–water partition coefficient (Wildman–Crippen LogP) is 3.33. The summed E-state index contributed by atoms with van der Waals surface area (Å²) >= 11 is 0. The lowest BCUT2D eigenvalue weighted by Crippen LogP contribution is -2.32. The molecular formula is C14H18F2O2S. The summed E-state index contributed by atoms with van der Waals surface area (Å²) in [6.45, 7) is 7.14. The van der Waals surface area contributed by atoms with E-state index in [1.807, 2.05) is 13.8 Å². The molecule has 0 amide bonds. The summed E-state index contributed by atoms with van der Waals surface area (Å²) in [7, 11) is -1.39. The third-order valence-corrected chi connectivity index (χ3v) is 5.41. The average molecular weight is 288 g/mol. The largest absolute Gasteiger partial charge is 0.293 e. The van der Waals surface area contributed by atoms with Crippen LogP contribution in [-0.4, -0.2) is 20.5 Å². The van der Waals surface area contributed by atoms with Gasteiger partial charge in [-0.25, -0.2) is 8.78 Å². The lowest BCUT2D eigenvalue weighted by Gasteiger charge is -2.19. The van der Waals surface area contributed by atoms with Crippen LogP contribution in [0.1, 0.15) is 38.1 Å². The van der Waals surface area contributed by atoms with Crippen LogP contribution in [0.5, 0.6) is 0 Å². The fourth-order valence-electron chi connectivity index (χ4n) is 1.60. The molecule has 106 valence electrons. The van der Waals surface area contributed by atoms with Crippen LogP contribution in [0.4, 0.5) is 8.78 Å². The van der Waals surface area contributed by atoms with Gasteiger partial charge in [0.1, 0.15) is 11.6 Å². The van der Waals surface area contributed by atoms with E-state index in [2.05, 4.69) is 0 Å². The van der Waals surface area contributed by atoms with E-state index in [4.69, 9.17) is 0 Å². The van der Waals surface area contributed by atoms with E-state index in [1.165, 1.54) is 6.92 Å². The van der Waals surface area contributed by atoms with Gasteiger partial charge in [-0.3, -0.25) is 9.00 Å². The molecule has 0 spiro atoms. The molecule has 0 aromatic heterocycles. The van der Waals surface area contributed by atoms with Gasteiger partial charge in [-0.05, 0) is 25.0 Å². The first-order valence-corrected chi connectivity index (χ1v) is 7.42. The fraction of sp³-hybridized carbons (Fsp3) is 0.500. The van der Waals surface area contributed by atoms with Gasteiger partial charge < -0.3 is 0 Å². The Morgan fingerprint density at radius 2 is 1.74 bits per heavy atom. The van der Waals surface area contributed by atoms with Crippen molar-refractivity contribution in [2.24, 2.45) is 5.92 Å². The first-order chi connectivity index (χ1) is 8.75. The number of hydrogen-bond acceptors (Lipinski definition) is 2. The summed E-state index contributed by atoms with van der Waals surface area (Å²) in [6, 6.07) is 2.79. The molecule has 3 unspecified atom stereocenters. The highest BCUT2D eigenvalue weighted by molar-refractivity contribution is 7.87. The second-order valence-corrected chi connectivity index (χ2v) is 7.02. The third-order valence-electron chi connectivity index (χ3n) is 3.22. The molecule has 0 aliphatic heterocycles. The van der Waals surface area contributed by atoms with Crippen molar-refractivity contribution in [1.82, 2.24) is 0 Å². The maximum atomic E-state index is 13.5. The van der Waals surface area contributed by atoms with Gasteiger partial charge in [0.15, 0.2) is 5.78 Å². The monoisotopic (exact) mass is 288 g/mol. The van der Waals surface area contributed by atoms with Gasteiger partial charge in [-0.2, -0.15) is 0 Å². The highest BCUT2D eigenvalue weighted by Crippen LogP contribution is 2.18. The number of carbonyl (C=O) groups is 1. The quantitative estimate of drug-likeness (QED) is 0.779. The number of Topliss-reactive ketones (excluding diaryl/α,β-unsaturated/α-hetero) is 1. The molecule has 0 aliphatic rings. The van der Waals surface area contributed by atoms with Crippen molar-refractivity contribution < 1.29 is 17.8 Å². The molecule has 0 fully saturated rings. The fourth-order valence-corrected chi connectivity index (χ4v) is 3.12. The Morgan fingerprint density at radius 3 is 2.21 bits per heavy atom. The zero-order chi connectivity index (χ0) is 14.7. The van der Waals surface area contributed by atoms with Gasteiger partial charge in [0, 0.05) is 22.1 Å². The van der Waals surface area contributed by atoms with Crippen molar-refractivity contribution in [3.63, 3.8) is 0 Å². The first-order valence-electron chi connectivity index (χ1n) is 6.14. The number of halogens is 2. The molecule has 0 radical (unpaired) electrons. The molecule has 1 aromatic rings. The molecule has 3 atom stereocenters. The second kappa shape index (κ2) is 6.37. The van der Waals surface area contributed by atoms with Crippen molar-refractivity contribution in [2.45, 2.75) is 38.2 Å². The van der Waals surface area contributed by atoms with Gasteiger partial charge in [-0.15, -0.1) is 0 Å². The van der Waals surface area contributed by atoms with Gasteiger partial charge in [-0.1, -0.05) is 20.8 Å². The molecule has 0 saturated heterocycles. The molecule has 1 aromatic carbocycles. The number of ketones is 1. The number of rotatable bonds is 5. The van der Waals surface area contributed by atoms with E-state index in [1.54, 1.807) is 6.92 Å². The lowest BCUT2D eigenvalue weighted by molar-refractivity contribution is 0.0988. The van der Waals surface area contributed by atoms with E-state index < -0.39 is 33.5 Å². The summed E-state index contributed by atoms with van der Waals surface area (Å²) in [5.41, 5.74) is -0.210. The minimum Gasteiger partial charge on any atom is -0.293 e. The van der Waals surface area contributed by atoms with E-state index in [9.17, 15) is 17.8 Å². The van der Waals surface area contributed by atoms with Gasteiger partial charge in [0.05, 0.1) is 10.8 Å². The number of carbonyl (C=O) groups excluding carboxylic acids is 1. The van der Waals surface area contributed by atoms with Crippen LogP contribution in [0.2, 0.25) is 0 Å². The van der Waals surface area contributed by atoms with Crippen LogP contribution in [-0.2, 0) is 10.8 Å². The summed E-state index contributed by atoms with van der Waals surface area (Å²) in [5, 5.41) is -0.972. The van der Waals surface area contributed by atoms with Gasteiger partial charge >= 0.3 is 0 Å². The second-order valence-electron chi connectivity index (χ2n) is 4.91. The van der Waals surface area contributed by atoms with E-state index in [0.717, 1.165) is 12.1 Å². The zero-order valence-electron chi connectivity index (χ0n) is 11.4. The summed E-state index contributed by atoms with van der Waals surface area (Å²) in [6.07, 6.45) is 0. The van der Waals surface area contributed by atoms with Crippen LogP contribution < -0.4 is 0 Å². The SMILES string of the molecule is CC(C)C(C)S(=O)C(C)C(=O)c1ccc(F)cc1F. The van der Waals surface area contributed by atoms with Gasteiger partial charge in [0.25, 0.3) is 0 Å². The molecule has 0 bridgehead atoms. The number of benzene rings is 1. The van der Waals surface area contributed by atoms with Crippen LogP contribution in [0.15, 0.2) is 18.2 Å². The highest BCUT2D eigenvalue weighted by atomic mass is 32.2. The van der Waals surface area contributed by atoms with Crippen LogP contribution in [0.3, 0.4) is 0 Å². The third kappa shape index (κ3) is 3.69. The highest BCUT2D eigenvalue weighted by Gasteiger charge is 2.28. The van der Waals surface area contributed by atoms with Crippen LogP contribution >= 0.6 is 0 Å². The molecule has 2 nitrogen and oxygen atoms in total. The van der Waals surface area contributed by atoms with Crippen molar-refractivity contribution in [3.8, 4) is 0 Å². The Balaban J connectivity index is 2.97. The summed E-state index contributed by atoms with van der Waals surface area (Å²) in [5.74, 6) is -2.04. The predicted molar refractivity (Wildman–Crippen MR) is 72.6 cm³/mol. The summed E-state index contributed by atoms with van der Waals surface area (Å²) in [4.78, 5) is 12.1. The minimum absolute atomic E-state index is 0.161. The molecule has 0 heterocycles. The molecule has 5 heteroatoms. The van der Waals surface area contributed by atoms with E-state index >= 15 is 0 Å². The Hall–Kier alpha value is -1.10. The lowest BCUT2D eigenvalue weighted by atomic mass is 10.1. The maximum absolute atomic E-state index is 13.5. The van der Waals surface area contributed by atoms with Crippen LogP contribution in [0, 0.1) is 17.6 Å². The Morgan fingerprint density at radius 1 is 1.16 bits per heavy atom. The smallest absolute Gasteiger partial charge is 0.181 e. The number of hydrogen-bond donors (Lipinski definition) is 0. The molecule has 1 rings (SSSR count). The first kappa shape index (κ1) is 16.0.